The molecule has 6 heteroatoms. The van der Waals surface area contributed by atoms with Gasteiger partial charge in [0.25, 0.3) is 5.91 Å². The number of aromatic nitrogens is 1. The molecule has 3 aromatic carbocycles. The first-order chi connectivity index (χ1) is 15.6. The smallest absolute Gasteiger partial charge is 0.254 e. The lowest BCUT2D eigenvalue weighted by Crippen LogP contribution is -2.48. The number of rotatable bonds is 3. The van der Waals surface area contributed by atoms with Crippen LogP contribution < -0.4 is 4.90 Å². The number of carbonyl (C=O) groups is 1. The van der Waals surface area contributed by atoms with Crippen LogP contribution in [0, 0.1) is 5.82 Å². The van der Waals surface area contributed by atoms with E-state index in [1.54, 1.807) is 12.1 Å². The monoisotopic (exact) mass is 445 g/mol. The molecule has 0 aliphatic carbocycles. The highest BCUT2D eigenvalue weighted by Crippen LogP contribution is 2.27. The van der Waals surface area contributed by atoms with Gasteiger partial charge in [0, 0.05) is 47.8 Å². The topological polar surface area (TPSA) is 36.4 Å². The Morgan fingerprint density at radius 2 is 1.56 bits per heavy atom. The van der Waals surface area contributed by atoms with E-state index in [9.17, 15) is 9.18 Å². The zero-order valence-electron chi connectivity index (χ0n) is 17.3. The van der Waals surface area contributed by atoms with E-state index in [1.165, 1.54) is 12.1 Å². The van der Waals surface area contributed by atoms with Gasteiger partial charge in [-0.1, -0.05) is 41.9 Å². The van der Waals surface area contributed by atoms with Gasteiger partial charge in [0.15, 0.2) is 0 Å². The number of anilines is 1. The Morgan fingerprint density at radius 1 is 0.875 bits per heavy atom. The third-order valence-corrected chi connectivity index (χ3v) is 6.10. The third kappa shape index (κ3) is 4.04. The molecule has 1 fully saturated rings. The summed E-state index contributed by atoms with van der Waals surface area (Å²) in [5.41, 5.74) is 4.06. The van der Waals surface area contributed by atoms with E-state index in [4.69, 9.17) is 16.6 Å². The summed E-state index contributed by atoms with van der Waals surface area (Å²) in [6.45, 7) is 2.60. The van der Waals surface area contributed by atoms with Gasteiger partial charge in [0.05, 0.1) is 16.8 Å². The van der Waals surface area contributed by atoms with Gasteiger partial charge in [-0.15, -0.1) is 0 Å². The van der Waals surface area contributed by atoms with Crippen molar-refractivity contribution < 1.29 is 9.18 Å². The minimum absolute atomic E-state index is 0.00225. The zero-order valence-corrected chi connectivity index (χ0v) is 18.1. The average molecular weight is 446 g/mol. The van der Waals surface area contributed by atoms with Crippen molar-refractivity contribution in [2.75, 3.05) is 31.1 Å². The molecule has 0 radical (unpaired) electrons. The second-order valence-corrected chi connectivity index (χ2v) is 8.27. The van der Waals surface area contributed by atoms with Crippen molar-refractivity contribution in [3.05, 3.63) is 95.3 Å². The predicted octanol–water partition coefficient (Wildman–Crippen LogP) is 5.66. The first kappa shape index (κ1) is 20.5. The zero-order chi connectivity index (χ0) is 22.1. The first-order valence-corrected chi connectivity index (χ1v) is 10.9. The fourth-order valence-electron chi connectivity index (χ4n) is 4.11. The quantitative estimate of drug-likeness (QED) is 0.408. The summed E-state index contributed by atoms with van der Waals surface area (Å²) in [5.74, 6) is -0.249. The van der Waals surface area contributed by atoms with E-state index in [2.05, 4.69) is 4.90 Å². The lowest BCUT2D eigenvalue weighted by molar-refractivity contribution is 0.0748. The molecule has 0 bridgehead atoms. The van der Waals surface area contributed by atoms with E-state index >= 15 is 0 Å². The molecular formula is C26H21ClFN3O. The van der Waals surface area contributed by atoms with Crippen molar-refractivity contribution >= 4 is 34.1 Å². The maximum atomic E-state index is 13.5. The summed E-state index contributed by atoms with van der Waals surface area (Å²) in [5, 5.41) is 1.50. The summed E-state index contributed by atoms with van der Waals surface area (Å²) in [6.07, 6.45) is 0. The van der Waals surface area contributed by atoms with Gasteiger partial charge in [-0.2, -0.15) is 0 Å². The fourth-order valence-corrected chi connectivity index (χ4v) is 4.24. The van der Waals surface area contributed by atoms with Gasteiger partial charge in [0.1, 0.15) is 5.82 Å². The van der Waals surface area contributed by atoms with Crippen LogP contribution in [0.1, 0.15) is 10.4 Å². The van der Waals surface area contributed by atoms with Crippen LogP contribution in [0.5, 0.6) is 0 Å². The van der Waals surface area contributed by atoms with Crippen LogP contribution >= 0.6 is 11.6 Å². The van der Waals surface area contributed by atoms with Gasteiger partial charge in [-0.3, -0.25) is 4.79 Å². The Hall–Kier alpha value is -3.44. The van der Waals surface area contributed by atoms with Crippen molar-refractivity contribution in [3.8, 4) is 11.3 Å². The molecule has 0 saturated carbocycles. The molecule has 1 saturated heterocycles. The predicted molar refractivity (Wildman–Crippen MR) is 127 cm³/mol. The highest BCUT2D eigenvalue weighted by Gasteiger charge is 2.24. The average Bonchev–Trinajstić information content (AvgIpc) is 2.84. The number of nitrogens with zero attached hydrogens (tertiary/aromatic N) is 3. The molecular weight excluding hydrogens is 425 g/mol. The fraction of sp³-hybridized carbons (Fsp3) is 0.154. The molecule has 32 heavy (non-hydrogen) atoms. The number of fused-ring (bicyclic) bond motifs is 1. The summed E-state index contributed by atoms with van der Waals surface area (Å²) in [6, 6.07) is 23.6. The number of halogens is 2. The van der Waals surface area contributed by atoms with E-state index in [1.807, 2.05) is 59.5 Å². The van der Waals surface area contributed by atoms with Gasteiger partial charge in [-0.05, 0) is 48.5 Å². The molecule has 0 spiro atoms. The molecule has 160 valence electrons. The summed E-state index contributed by atoms with van der Waals surface area (Å²) >= 11 is 6.04. The number of hydrogen-bond acceptors (Lipinski definition) is 3. The maximum absolute atomic E-state index is 13.5. The third-order valence-electron chi connectivity index (χ3n) is 5.85. The van der Waals surface area contributed by atoms with Crippen LogP contribution in [0.4, 0.5) is 10.1 Å². The van der Waals surface area contributed by atoms with Crippen molar-refractivity contribution in [3.63, 3.8) is 0 Å². The van der Waals surface area contributed by atoms with Crippen molar-refractivity contribution in [1.29, 1.82) is 0 Å². The Morgan fingerprint density at radius 3 is 2.28 bits per heavy atom. The van der Waals surface area contributed by atoms with E-state index in [0.717, 1.165) is 27.8 Å². The largest absolute Gasteiger partial charge is 0.368 e. The molecule has 1 aliphatic rings. The minimum atomic E-state index is -0.247. The van der Waals surface area contributed by atoms with Crippen LogP contribution in [0.15, 0.2) is 78.9 Å². The lowest BCUT2D eigenvalue weighted by Gasteiger charge is -2.36. The standard InChI is InChI=1S/C26H21ClFN3O/c27-19-7-5-18(6-8-19)25-17-23(22-3-1-2-4-24(22)29-25)26(32)31-15-13-30(14-16-31)21-11-9-20(28)10-12-21/h1-12,17H,13-16H2. The van der Waals surface area contributed by atoms with Crippen molar-refractivity contribution in [2.45, 2.75) is 0 Å². The normalized spacial score (nSPS) is 14.1. The number of carbonyl (C=O) groups excluding carboxylic acids is 1. The van der Waals surface area contributed by atoms with Crippen LogP contribution in [0.2, 0.25) is 5.02 Å². The first-order valence-electron chi connectivity index (χ1n) is 10.5. The molecule has 0 N–H and O–H groups in total. The molecule has 0 atom stereocenters. The highest BCUT2D eigenvalue weighted by atomic mass is 35.5. The number of hydrogen-bond donors (Lipinski definition) is 0. The number of benzene rings is 3. The highest BCUT2D eigenvalue weighted by molar-refractivity contribution is 6.30. The molecule has 4 aromatic rings. The Kier molecular flexibility index (Phi) is 5.50. The molecule has 1 amide bonds. The van der Waals surface area contributed by atoms with Gasteiger partial charge < -0.3 is 9.80 Å². The molecule has 1 aromatic heterocycles. The van der Waals surface area contributed by atoms with Crippen molar-refractivity contribution in [1.82, 2.24) is 9.88 Å². The van der Waals surface area contributed by atoms with Crippen LogP contribution in [-0.4, -0.2) is 42.0 Å². The van der Waals surface area contributed by atoms with Crippen LogP contribution in [0.3, 0.4) is 0 Å². The second-order valence-electron chi connectivity index (χ2n) is 7.83. The maximum Gasteiger partial charge on any atom is 0.254 e. The number of pyridine rings is 1. The Labute approximate surface area is 190 Å². The molecule has 5 rings (SSSR count). The lowest BCUT2D eigenvalue weighted by atomic mass is 10.0. The van der Waals surface area contributed by atoms with E-state index in [-0.39, 0.29) is 11.7 Å². The Balaban J connectivity index is 1.43. The molecule has 1 aliphatic heterocycles. The number of para-hydroxylation sites is 1. The molecule has 2 heterocycles. The summed E-state index contributed by atoms with van der Waals surface area (Å²) in [7, 11) is 0. The van der Waals surface area contributed by atoms with Gasteiger partial charge in [-0.25, -0.2) is 9.37 Å². The SMILES string of the molecule is O=C(c1cc(-c2ccc(Cl)cc2)nc2ccccc12)N1CCN(c2ccc(F)cc2)CC1. The molecule has 4 nitrogen and oxygen atoms in total. The van der Waals surface area contributed by atoms with Crippen molar-refractivity contribution in [2.24, 2.45) is 0 Å². The number of piperazine rings is 1. The summed E-state index contributed by atoms with van der Waals surface area (Å²) in [4.78, 5) is 22.4. The molecule has 0 unspecified atom stereocenters. The minimum Gasteiger partial charge on any atom is -0.368 e. The summed E-state index contributed by atoms with van der Waals surface area (Å²) < 4.78 is 13.2. The van der Waals surface area contributed by atoms with Gasteiger partial charge >= 0.3 is 0 Å². The van der Waals surface area contributed by atoms with Crippen LogP contribution in [0.25, 0.3) is 22.2 Å². The van der Waals surface area contributed by atoms with E-state index < -0.39 is 0 Å². The van der Waals surface area contributed by atoms with Gasteiger partial charge in [0.2, 0.25) is 0 Å². The number of amides is 1. The second kappa shape index (κ2) is 8.60. The van der Waals surface area contributed by atoms with Crippen LogP contribution in [-0.2, 0) is 0 Å². The Bertz CT molecular complexity index is 1270. The van der Waals surface area contributed by atoms with E-state index in [0.29, 0.717) is 36.8 Å².